The number of hydrogen-bond donors (Lipinski definition) is 1. The molecular formula is C16H21ClN2O. The fourth-order valence-corrected chi connectivity index (χ4v) is 2.34. The van der Waals surface area contributed by atoms with Crippen LogP contribution in [0.25, 0.3) is 0 Å². The predicted octanol–water partition coefficient (Wildman–Crippen LogP) is 3.73. The number of Topliss-reactive ketones (excluding diaryl/α,β-unsaturated/α-hetero) is 1. The Morgan fingerprint density at radius 1 is 1.35 bits per heavy atom. The average molecular weight is 293 g/mol. The van der Waals surface area contributed by atoms with E-state index in [4.69, 9.17) is 17.3 Å². The number of hydrogen-bond acceptors (Lipinski definition) is 3. The molecule has 2 N–H and O–H groups in total. The molecule has 0 aromatic heterocycles. The topological polar surface area (TPSA) is 55.4 Å². The van der Waals surface area contributed by atoms with Crippen molar-refractivity contribution in [2.75, 3.05) is 7.05 Å². The fraction of sp³-hybridized carbons (Fsp3) is 0.375. The average Bonchev–Trinajstić information content (AvgIpc) is 2.43. The number of carbonyl (C=O) groups is 1. The molecule has 0 spiro atoms. The van der Waals surface area contributed by atoms with Gasteiger partial charge >= 0.3 is 0 Å². The first kappa shape index (κ1) is 16.4. The van der Waals surface area contributed by atoms with E-state index in [0.717, 1.165) is 11.1 Å². The highest BCUT2D eigenvalue weighted by atomic mass is 35.5. The van der Waals surface area contributed by atoms with E-state index in [9.17, 15) is 4.79 Å². The lowest BCUT2D eigenvalue weighted by Gasteiger charge is -2.20. The van der Waals surface area contributed by atoms with Gasteiger partial charge in [-0.05, 0) is 24.1 Å². The van der Waals surface area contributed by atoms with Gasteiger partial charge in [-0.3, -0.25) is 9.79 Å². The van der Waals surface area contributed by atoms with Crippen molar-refractivity contribution in [3.63, 3.8) is 0 Å². The van der Waals surface area contributed by atoms with Gasteiger partial charge in [0.15, 0.2) is 5.78 Å². The Morgan fingerprint density at radius 3 is 2.30 bits per heavy atom. The molecule has 1 rings (SSSR count). The summed E-state index contributed by atoms with van der Waals surface area (Å²) in [5.74, 6) is -0.0745. The van der Waals surface area contributed by atoms with Crippen LogP contribution in [0.15, 0.2) is 40.5 Å². The van der Waals surface area contributed by atoms with Crippen LogP contribution in [0.5, 0.6) is 0 Å². The van der Waals surface area contributed by atoms with E-state index in [1.807, 2.05) is 38.1 Å². The molecule has 0 radical (unpaired) electrons. The van der Waals surface area contributed by atoms with Gasteiger partial charge in [-0.2, -0.15) is 0 Å². The Morgan fingerprint density at radius 2 is 1.90 bits per heavy atom. The van der Waals surface area contributed by atoms with Gasteiger partial charge in [0, 0.05) is 36.2 Å². The summed E-state index contributed by atoms with van der Waals surface area (Å²) in [6.45, 7) is 5.51. The van der Waals surface area contributed by atoms with E-state index >= 15 is 0 Å². The minimum atomic E-state index is -0.0697. The van der Waals surface area contributed by atoms with Gasteiger partial charge in [0.1, 0.15) is 5.71 Å². The first-order valence-corrected chi connectivity index (χ1v) is 7.02. The molecule has 0 saturated heterocycles. The van der Waals surface area contributed by atoms with Crippen LogP contribution in [0.3, 0.4) is 0 Å². The fourth-order valence-electron chi connectivity index (χ4n) is 2.21. The summed E-state index contributed by atoms with van der Waals surface area (Å²) in [5, 5.41) is 0.686. The van der Waals surface area contributed by atoms with Crippen molar-refractivity contribution in [2.45, 2.75) is 33.1 Å². The molecule has 108 valence electrons. The van der Waals surface area contributed by atoms with Crippen LogP contribution in [0.4, 0.5) is 0 Å². The molecular weight excluding hydrogens is 272 g/mol. The minimum Gasteiger partial charge on any atom is -0.402 e. The molecule has 1 atom stereocenters. The molecule has 1 unspecified atom stereocenters. The van der Waals surface area contributed by atoms with Crippen LogP contribution in [0, 0.1) is 0 Å². The molecule has 0 aliphatic carbocycles. The molecule has 0 aliphatic heterocycles. The van der Waals surface area contributed by atoms with Gasteiger partial charge in [0.05, 0.1) is 0 Å². The number of ketones is 1. The zero-order valence-electron chi connectivity index (χ0n) is 12.4. The standard InChI is InChI=1S/C16H21ClN2O/c1-5-14(18)15(16(19-4)11(3)20)10(2)12-6-8-13(17)9-7-12/h6-10H,5,18H2,1-4H3. The molecule has 1 aromatic carbocycles. The van der Waals surface area contributed by atoms with Gasteiger partial charge in [0.2, 0.25) is 0 Å². The lowest BCUT2D eigenvalue weighted by atomic mass is 9.86. The Labute approximate surface area is 125 Å². The van der Waals surface area contributed by atoms with Gasteiger partial charge in [-0.25, -0.2) is 0 Å². The molecule has 4 heteroatoms. The van der Waals surface area contributed by atoms with E-state index in [1.165, 1.54) is 6.92 Å². The lowest BCUT2D eigenvalue weighted by molar-refractivity contribution is -0.111. The van der Waals surface area contributed by atoms with Crippen LogP contribution in [-0.2, 0) is 4.79 Å². The lowest BCUT2D eigenvalue weighted by Crippen LogP contribution is -2.22. The van der Waals surface area contributed by atoms with E-state index in [-0.39, 0.29) is 11.7 Å². The Kier molecular flexibility index (Phi) is 5.96. The summed E-state index contributed by atoms with van der Waals surface area (Å²) < 4.78 is 0. The first-order chi connectivity index (χ1) is 9.42. The van der Waals surface area contributed by atoms with Crippen LogP contribution >= 0.6 is 11.6 Å². The molecule has 0 aliphatic rings. The molecule has 0 amide bonds. The van der Waals surface area contributed by atoms with Crippen LogP contribution in [0.1, 0.15) is 38.7 Å². The van der Waals surface area contributed by atoms with Crippen molar-refractivity contribution in [3.05, 3.63) is 46.1 Å². The Hall–Kier alpha value is -1.61. The smallest absolute Gasteiger partial charge is 0.178 e. The maximum Gasteiger partial charge on any atom is 0.178 e. The van der Waals surface area contributed by atoms with E-state index < -0.39 is 0 Å². The highest BCUT2D eigenvalue weighted by Gasteiger charge is 2.22. The van der Waals surface area contributed by atoms with Crippen LogP contribution in [-0.4, -0.2) is 18.5 Å². The number of nitrogens with two attached hydrogens (primary N) is 1. The highest BCUT2D eigenvalue weighted by molar-refractivity contribution is 6.45. The van der Waals surface area contributed by atoms with Gasteiger partial charge in [0.25, 0.3) is 0 Å². The number of benzene rings is 1. The van der Waals surface area contributed by atoms with Crippen molar-refractivity contribution in [1.82, 2.24) is 0 Å². The molecule has 1 aromatic rings. The quantitative estimate of drug-likeness (QED) is 0.841. The van der Waals surface area contributed by atoms with Crippen molar-refractivity contribution in [2.24, 2.45) is 10.7 Å². The third kappa shape index (κ3) is 3.70. The second-order valence-electron chi connectivity index (χ2n) is 4.69. The van der Waals surface area contributed by atoms with Gasteiger partial charge < -0.3 is 5.73 Å². The summed E-state index contributed by atoms with van der Waals surface area (Å²) in [5.41, 5.74) is 9.14. The molecule has 0 bridgehead atoms. The van der Waals surface area contributed by atoms with E-state index in [0.29, 0.717) is 22.9 Å². The van der Waals surface area contributed by atoms with Crippen molar-refractivity contribution >= 4 is 23.1 Å². The zero-order chi connectivity index (χ0) is 15.3. The van der Waals surface area contributed by atoms with Crippen molar-refractivity contribution < 1.29 is 4.79 Å². The predicted molar refractivity (Wildman–Crippen MR) is 85.4 cm³/mol. The summed E-state index contributed by atoms with van der Waals surface area (Å²) in [6.07, 6.45) is 0.680. The summed E-state index contributed by atoms with van der Waals surface area (Å²) in [7, 11) is 1.62. The van der Waals surface area contributed by atoms with Crippen molar-refractivity contribution in [1.29, 1.82) is 0 Å². The Bertz CT molecular complexity index is 544. The summed E-state index contributed by atoms with van der Waals surface area (Å²) >= 11 is 5.91. The normalized spacial score (nSPS) is 14.8. The number of allylic oxidation sites excluding steroid dienone is 2. The highest BCUT2D eigenvalue weighted by Crippen LogP contribution is 2.28. The molecule has 0 fully saturated rings. The molecule has 0 saturated carbocycles. The van der Waals surface area contributed by atoms with Gasteiger partial charge in [-0.1, -0.05) is 37.6 Å². The third-order valence-corrected chi connectivity index (χ3v) is 3.59. The second kappa shape index (κ2) is 7.25. The summed E-state index contributed by atoms with van der Waals surface area (Å²) in [6, 6.07) is 7.57. The minimum absolute atomic E-state index is 0.00480. The number of rotatable bonds is 5. The number of nitrogens with zero attached hydrogens (tertiary/aromatic N) is 1. The third-order valence-electron chi connectivity index (χ3n) is 3.34. The first-order valence-electron chi connectivity index (χ1n) is 6.64. The molecule has 20 heavy (non-hydrogen) atoms. The number of halogens is 1. The largest absolute Gasteiger partial charge is 0.402 e. The molecule has 3 nitrogen and oxygen atoms in total. The number of aliphatic imine (C=N–C) groups is 1. The SMILES string of the molecule is CCC(N)=C(C(=NC)C(C)=O)C(C)c1ccc(Cl)cc1. The maximum atomic E-state index is 11.8. The van der Waals surface area contributed by atoms with Gasteiger partial charge in [-0.15, -0.1) is 0 Å². The van der Waals surface area contributed by atoms with Crippen LogP contribution < -0.4 is 5.73 Å². The number of carbonyl (C=O) groups excluding carboxylic acids is 1. The second-order valence-corrected chi connectivity index (χ2v) is 5.13. The van der Waals surface area contributed by atoms with E-state index in [1.54, 1.807) is 7.05 Å². The molecule has 0 heterocycles. The van der Waals surface area contributed by atoms with Crippen LogP contribution in [0.2, 0.25) is 5.02 Å². The monoisotopic (exact) mass is 292 g/mol. The summed E-state index contributed by atoms with van der Waals surface area (Å²) in [4.78, 5) is 15.9. The zero-order valence-corrected chi connectivity index (χ0v) is 13.2. The van der Waals surface area contributed by atoms with Crippen molar-refractivity contribution in [3.8, 4) is 0 Å². The Balaban J connectivity index is 3.32. The van der Waals surface area contributed by atoms with E-state index in [2.05, 4.69) is 4.99 Å². The maximum absolute atomic E-state index is 11.8.